The molecule has 6 unspecified atom stereocenters. The lowest BCUT2D eigenvalue weighted by Crippen LogP contribution is -2.59. The molecule has 322 valence electrons. The molecule has 59 heavy (non-hydrogen) atoms. The summed E-state index contributed by atoms with van der Waals surface area (Å²) in [5.74, 6) is -3.05. The topological polar surface area (TPSA) is 195 Å². The monoisotopic (exact) mass is 852 g/mol. The Morgan fingerprint density at radius 3 is 2.47 bits per heavy atom. The molecule has 2 aromatic rings. The van der Waals surface area contributed by atoms with Crippen LogP contribution in [0.3, 0.4) is 0 Å². The normalized spacial score (nSPS) is 29.5. The number of halogens is 4. The molecule has 2 aromatic heterocycles. The molecule has 0 radical (unpaired) electrons. The van der Waals surface area contributed by atoms with E-state index < -0.39 is 92.2 Å². The van der Waals surface area contributed by atoms with Crippen LogP contribution in [0.5, 0.6) is 11.6 Å². The Hall–Kier alpha value is -4.75. The van der Waals surface area contributed by atoms with Gasteiger partial charge in [0, 0.05) is 24.8 Å². The summed E-state index contributed by atoms with van der Waals surface area (Å²) in [5.41, 5.74) is -5.25. The van der Waals surface area contributed by atoms with Gasteiger partial charge in [0.25, 0.3) is 5.91 Å². The second kappa shape index (κ2) is 14.8. The number of sulfonamides is 1. The number of rotatable bonds is 6. The van der Waals surface area contributed by atoms with E-state index in [-0.39, 0.29) is 48.4 Å². The third kappa shape index (κ3) is 7.88. The van der Waals surface area contributed by atoms with Crippen molar-refractivity contribution in [2.24, 2.45) is 5.92 Å². The van der Waals surface area contributed by atoms with Gasteiger partial charge in [-0.3, -0.25) is 19.1 Å². The molecule has 5 heterocycles. The number of carbonyl (C=O) groups is 4. The predicted molar refractivity (Wildman–Crippen MR) is 202 cm³/mol. The number of ether oxygens (including phenoxy) is 3. The molecule has 5 aliphatic rings. The summed E-state index contributed by atoms with van der Waals surface area (Å²) >= 11 is 0. The van der Waals surface area contributed by atoms with Crippen molar-refractivity contribution in [2.75, 3.05) is 13.7 Å². The average molecular weight is 853 g/mol. The van der Waals surface area contributed by atoms with Gasteiger partial charge in [0.05, 0.1) is 35.2 Å². The van der Waals surface area contributed by atoms with Crippen LogP contribution >= 0.6 is 0 Å². The Morgan fingerprint density at radius 2 is 1.80 bits per heavy atom. The van der Waals surface area contributed by atoms with E-state index in [1.807, 2.05) is 6.08 Å². The van der Waals surface area contributed by atoms with E-state index in [1.54, 1.807) is 25.1 Å². The summed E-state index contributed by atoms with van der Waals surface area (Å²) in [7, 11) is -2.72. The van der Waals surface area contributed by atoms with Gasteiger partial charge in [-0.1, -0.05) is 25.0 Å². The number of hydrogen-bond acceptors (Lipinski definition) is 11. The summed E-state index contributed by atoms with van der Waals surface area (Å²) in [5, 5.41) is 5.03. The first-order valence-electron chi connectivity index (χ1n) is 19.6. The minimum Gasteiger partial charge on any atom is -0.483 e. The summed E-state index contributed by atoms with van der Waals surface area (Å²) < 4.78 is 102. The number of nitrogens with zero attached hydrogens (tertiary/aromatic N) is 3. The molecule has 15 nitrogen and oxygen atoms in total. The van der Waals surface area contributed by atoms with Crippen LogP contribution in [-0.2, 0) is 29.1 Å². The molecule has 3 fully saturated rings. The Bertz CT molecular complexity index is 2220. The molecule has 2 aliphatic carbocycles. The molecule has 3 aliphatic heterocycles. The van der Waals surface area contributed by atoms with Gasteiger partial charge < -0.3 is 29.7 Å². The molecule has 7 rings (SSSR count). The number of allylic oxidation sites excluding steroid dienone is 1. The van der Waals surface area contributed by atoms with Gasteiger partial charge in [-0.25, -0.2) is 27.6 Å². The van der Waals surface area contributed by atoms with Crippen molar-refractivity contribution >= 4 is 44.9 Å². The van der Waals surface area contributed by atoms with Crippen molar-refractivity contribution < 1.29 is 59.4 Å². The van der Waals surface area contributed by atoms with Gasteiger partial charge in [0.15, 0.2) is 0 Å². The van der Waals surface area contributed by atoms with Gasteiger partial charge in [0.1, 0.15) is 40.7 Å². The van der Waals surface area contributed by atoms with Crippen LogP contribution in [0.25, 0.3) is 11.0 Å². The second-order valence-electron chi connectivity index (χ2n) is 17.1. The van der Waals surface area contributed by atoms with E-state index >= 15 is 4.39 Å². The standard InChI is InChI=1S/C39H48F4N6O9S/c1-21-30-28(29-24(44-21)13-14-27(46-29)56-5)23(40)18-37(57-30)19-26-31(50)47-38(33(52)48-59(54,55)36(4)15-16-36)17-22(38)11-9-7-6-8-10-12-25(32(51)49(26)20-37)45-34(53)58-35(2,3)39(41,42)43/h9,11,13-14,22-23,25-26H,6-8,10,12,15-20H2,1-5H3,(H,45,53)(H,47,50)(H,48,52). The van der Waals surface area contributed by atoms with Crippen LogP contribution in [0.15, 0.2) is 24.3 Å². The highest BCUT2D eigenvalue weighted by Crippen LogP contribution is 2.51. The number of amides is 4. The quantitative estimate of drug-likeness (QED) is 0.264. The first kappa shape index (κ1) is 42.4. The lowest BCUT2D eigenvalue weighted by molar-refractivity contribution is -0.244. The van der Waals surface area contributed by atoms with Crippen molar-refractivity contribution in [3.05, 3.63) is 35.5 Å². The van der Waals surface area contributed by atoms with Gasteiger partial charge in [-0.15, -0.1) is 0 Å². The van der Waals surface area contributed by atoms with Crippen LogP contribution in [0.1, 0.15) is 102 Å². The number of carbonyl (C=O) groups excluding carboxylic acids is 4. The molecular formula is C39H48F4N6O9S. The SMILES string of the molecule is COc1ccc2nc(C)c3c(c2n1)C(F)CC1(CC2C(=O)NC4(C(=O)NS(=O)(=O)C5(C)CC5)CC4C=CCCCCCC(NC(=O)OC(C)(C)C(F)(F)F)C(=O)N2C1)O3. The number of nitrogens with one attached hydrogen (secondary N) is 3. The van der Waals surface area contributed by atoms with Crippen molar-refractivity contribution in [1.29, 1.82) is 0 Å². The zero-order valence-corrected chi connectivity index (χ0v) is 34.1. The maximum atomic E-state index is 16.7. The fourth-order valence-electron chi connectivity index (χ4n) is 8.14. The lowest BCUT2D eigenvalue weighted by Gasteiger charge is -2.38. The smallest absolute Gasteiger partial charge is 0.427 e. The van der Waals surface area contributed by atoms with E-state index in [1.165, 1.54) is 14.0 Å². The number of aromatic nitrogens is 2. The highest BCUT2D eigenvalue weighted by Gasteiger charge is 2.64. The molecule has 2 saturated carbocycles. The number of fused-ring (bicyclic) bond motifs is 5. The van der Waals surface area contributed by atoms with Crippen molar-refractivity contribution in [1.82, 2.24) is 30.2 Å². The van der Waals surface area contributed by atoms with E-state index in [4.69, 9.17) is 14.2 Å². The molecule has 20 heteroatoms. The summed E-state index contributed by atoms with van der Waals surface area (Å²) in [6.45, 7) is 4.02. The number of aryl methyl sites for hydroxylation is 1. The third-order valence-corrected chi connectivity index (χ3v) is 14.5. The molecule has 0 bridgehead atoms. The molecule has 4 amide bonds. The predicted octanol–water partition coefficient (Wildman–Crippen LogP) is 4.91. The lowest BCUT2D eigenvalue weighted by atomic mass is 9.86. The number of alkyl halides is 4. The fourth-order valence-corrected chi connectivity index (χ4v) is 9.46. The molecule has 1 saturated heterocycles. The first-order chi connectivity index (χ1) is 27.5. The van der Waals surface area contributed by atoms with Gasteiger partial charge in [-0.05, 0) is 72.3 Å². The van der Waals surface area contributed by atoms with Crippen LogP contribution in [0.2, 0.25) is 0 Å². The van der Waals surface area contributed by atoms with Crippen LogP contribution in [0.4, 0.5) is 22.4 Å². The summed E-state index contributed by atoms with van der Waals surface area (Å²) in [4.78, 5) is 66.3. The van der Waals surface area contributed by atoms with Crippen LogP contribution in [-0.4, -0.2) is 101 Å². The van der Waals surface area contributed by atoms with Crippen molar-refractivity contribution in [3.8, 4) is 11.6 Å². The molecule has 1 spiro atoms. The van der Waals surface area contributed by atoms with Crippen molar-refractivity contribution in [3.63, 3.8) is 0 Å². The average Bonchev–Trinajstić information content (AvgIpc) is 4.04. The zero-order valence-electron chi connectivity index (χ0n) is 33.3. The van der Waals surface area contributed by atoms with E-state index in [0.717, 1.165) is 4.90 Å². The Kier molecular flexibility index (Phi) is 10.6. The van der Waals surface area contributed by atoms with Gasteiger partial charge in [0.2, 0.25) is 33.3 Å². The zero-order chi connectivity index (χ0) is 42.9. The van der Waals surface area contributed by atoms with Crippen LogP contribution < -0.4 is 24.8 Å². The Labute approximate surface area is 338 Å². The highest BCUT2D eigenvalue weighted by molar-refractivity contribution is 7.91. The van der Waals surface area contributed by atoms with Crippen LogP contribution in [0, 0.1) is 12.8 Å². The maximum absolute atomic E-state index is 16.7. The number of pyridine rings is 2. The molecule has 6 atom stereocenters. The van der Waals surface area contributed by atoms with E-state index in [2.05, 4.69) is 25.3 Å². The van der Waals surface area contributed by atoms with E-state index in [0.29, 0.717) is 63.6 Å². The third-order valence-electron chi connectivity index (χ3n) is 12.3. The maximum Gasteiger partial charge on any atom is 0.427 e. The molecule has 3 N–H and O–H groups in total. The Balaban J connectivity index is 1.25. The number of methoxy groups -OCH3 is 1. The van der Waals surface area contributed by atoms with Gasteiger partial charge >= 0.3 is 12.3 Å². The first-order valence-corrected chi connectivity index (χ1v) is 21.1. The summed E-state index contributed by atoms with van der Waals surface area (Å²) in [6.07, 6.45) is -2.67. The van der Waals surface area contributed by atoms with Crippen molar-refractivity contribution in [2.45, 2.75) is 138 Å². The number of alkyl carbamates (subject to hydrolysis) is 1. The number of hydrogen-bond donors (Lipinski definition) is 3. The fraction of sp³-hybridized carbons (Fsp3) is 0.641. The van der Waals surface area contributed by atoms with E-state index in [9.17, 15) is 40.8 Å². The largest absolute Gasteiger partial charge is 0.483 e. The molecular weight excluding hydrogens is 805 g/mol. The minimum absolute atomic E-state index is 0.0438. The highest BCUT2D eigenvalue weighted by atomic mass is 32.2. The second-order valence-corrected chi connectivity index (χ2v) is 19.3. The summed E-state index contributed by atoms with van der Waals surface area (Å²) in [6, 6.07) is 0.227. The van der Waals surface area contributed by atoms with Gasteiger partial charge in [-0.2, -0.15) is 13.2 Å². The minimum atomic E-state index is -4.94. The molecule has 0 aromatic carbocycles. The Morgan fingerprint density at radius 1 is 1.07 bits per heavy atom.